The summed E-state index contributed by atoms with van der Waals surface area (Å²) in [6.45, 7) is 6.29. The maximum atomic E-state index is 12.0. The van der Waals surface area contributed by atoms with Crippen molar-refractivity contribution in [3.05, 3.63) is 0 Å². The molecule has 2 fully saturated rings. The molecule has 0 aromatic carbocycles. The van der Waals surface area contributed by atoms with E-state index < -0.39 is 0 Å². The Bertz CT molecular complexity index is 889. The van der Waals surface area contributed by atoms with Crippen LogP contribution in [0.15, 0.2) is 0 Å². The van der Waals surface area contributed by atoms with Crippen molar-refractivity contribution in [3.63, 3.8) is 0 Å². The summed E-state index contributed by atoms with van der Waals surface area (Å²) in [4.78, 5) is 82.6. The second kappa shape index (κ2) is 18.2. The van der Waals surface area contributed by atoms with E-state index in [1.807, 2.05) is 13.8 Å². The highest BCUT2D eigenvalue weighted by Gasteiger charge is 2.37. The Morgan fingerprint density at radius 2 is 1.21 bits per heavy atom. The molecule has 0 spiro atoms. The van der Waals surface area contributed by atoms with Gasteiger partial charge < -0.3 is 10.6 Å². The lowest BCUT2D eigenvalue weighted by Gasteiger charge is -2.14. The number of likely N-dealkylation sites (tertiary alicyclic amines) is 2. The SMILES string of the molecule is CCC1CC(=O)N(CCC(=O)NCCCCCCCC(=O)NC)C1=O.CCC1CC(=O)N(CCC(C)=O)C1=O. The molecule has 2 atom stereocenters. The zero-order valence-electron chi connectivity index (χ0n) is 24.0. The number of imide groups is 2. The van der Waals surface area contributed by atoms with Crippen molar-refractivity contribution in [2.24, 2.45) is 11.8 Å². The van der Waals surface area contributed by atoms with Gasteiger partial charge in [-0.15, -0.1) is 0 Å². The van der Waals surface area contributed by atoms with Crippen LogP contribution in [0.25, 0.3) is 0 Å². The number of rotatable bonds is 16. The Morgan fingerprint density at radius 1 is 0.718 bits per heavy atom. The minimum atomic E-state index is -0.209. The van der Waals surface area contributed by atoms with Gasteiger partial charge >= 0.3 is 0 Å². The maximum absolute atomic E-state index is 12.0. The molecule has 11 nitrogen and oxygen atoms in total. The Morgan fingerprint density at radius 3 is 1.67 bits per heavy atom. The fraction of sp³-hybridized carbons (Fsp3) is 0.750. The monoisotopic (exact) mass is 550 g/mol. The number of unbranched alkanes of at least 4 members (excludes halogenated alkanes) is 4. The van der Waals surface area contributed by atoms with Gasteiger partial charge in [-0.2, -0.15) is 0 Å². The van der Waals surface area contributed by atoms with E-state index >= 15 is 0 Å². The predicted molar refractivity (Wildman–Crippen MR) is 145 cm³/mol. The molecule has 0 aromatic heterocycles. The highest BCUT2D eigenvalue weighted by molar-refractivity contribution is 6.04. The quantitative estimate of drug-likeness (QED) is 0.221. The number of hydrogen-bond acceptors (Lipinski definition) is 7. The molecule has 11 heteroatoms. The van der Waals surface area contributed by atoms with Gasteiger partial charge in [-0.1, -0.05) is 33.1 Å². The Balaban J connectivity index is 0.000000457. The predicted octanol–water partition coefficient (Wildman–Crippen LogP) is 2.12. The normalized spacial score (nSPS) is 18.8. The number of nitrogens with one attached hydrogen (secondary N) is 2. The van der Waals surface area contributed by atoms with Crippen LogP contribution in [0.4, 0.5) is 0 Å². The van der Waals surface area contributed by atoms with Crippen molar-refractivity contribution in [1.29, 1.82) is 0 Å². The highest BCUT2D eigenvalue weighted by Crippen LogP contribution is 2.23. The third-order valence-electron chi connectivity index (χ3n) is 7.09. The van der Waals surface area contributed by atoms with Crippen LogP contribution in [0.5, 0.6) is 0 Å². The first-order valence-electron chi connectivity index (χ1n) is 14.2. The molecule has 6 amide bonds. The summed E-state index contributed by atoms with van der Waals surface area (Å²) >= 11 is 0. The molecule has 2 rings (SSSR count). The molecule has 220 valence electrons. The Labute approximate surface area is 231 Å². The largest absolute Gasteiger partial charge is 0.359 e. The zero-order valence-corrected chi connectivity index (χ0v) is 24.0. The van der Waals surface area contributed by atoms with Gasteiger partial charge in [0.25, 0.3) is 0 Å². The zero-order chi connectivity index (χ0) is 29.4. The van der Waals surface area contributed by atoms with E-state index in [0.29, 0.717) is 32.2 Å². The second-order valence-electron chi connectivity index (χ2n) is 10.1. The molecule has 39 heavy (non-hydrogen) atoms. The van der Waals surface area contributed by atoms with Crippen molar-refractivity contribution in [1.82, 2.24) is 20.4 Å². The van der Waals surface area contributed by atoms with Crippen LogP contribution in [-0.2, 0) is 33.6 Å². The van der Waals surface area contributed by atoms with E-state index in [-0.39, 0.29) is 85.4 Å². The maximum Gasteiger partial charge on any atom is 0.232 e. The molecular weight excluding hydrogens is 504 g/mol. The van der Waals surface area contributed by atoms with Gasteiger partial charge in [0.2, 0.25) is 35.4 Å². The lowest BCUT2D eigenvalue weighted by atomic mass is 10.1. The van der Waals surface area contributed by atoms with Gasteiger partial charge in [0.05, 0.1) is 0 Å². The minimum absolute atomic E-state index is 0.00514. The van der Waals surface area contributed by atoms with Gasteiger partial charge in [-0.25, -0.2) is 0 Å². The van der Waals surface area contributed by atoms with Gasteiger partial charge in [0.1, 0.15) is 5.78 Å². The molecule has 2 unspecified atom stereocenters. The number of carbonyl (C=O) groups excluding carboxylic acids is 7. The van der Waals surface area contributed by atoms with Crippen LogP contribution in [0.3, 0.4) is 0 Å². The van der Waals surface area contributed by atoms with Gasteiger partial charge in [0.15, 0.2) is 0 Å². The topological polar surface area (TPSA) is 150 Å². The first kappa shape index (κ1) is 33.9. The van der Waals surface area contributed by atoms with Crippen LogP contribution in [0.2, 0.25) is 0 Å². The summed E-state index contributed by atoms with van der Waals surface area (Å²) in [5.41, 5.74) is 0. The van der Waals surface area contributed by atoms with Crippen molar-refractivity contribution in [2.45, 2.75) is 97.8 Å². The van der Waals surface area contributed by atoms with E-state index in [4.69, 9.17) is 0 Å². The van der Waals surface area contributed by atoms with Gasteiger partial charge in [0, 0.05) is 70.6 Å². The molecule has 2 aliphatic heterocycles. The third kappa shape index (κ3) is 12.1. The summed E-state index contributed by atoms with van der Waals surface area (Å²) in [5, 5.41) is 5.43. The summed E-state index contributed by atoms with van der Waals surface area (Å²) < 4.78 is 0. The number of hydrogen-bond donors (Lipinski definition) is 2. The summed E-state index contributed by atoms with van der Waals surface area (Å²) in [7, 11) is 1.64. The summed E-state index contributed by atoms with van der Waals surface area (Å²) in [5.74, 6) is -0.966. The molecule has 0 radical (unpaired) electrons. The third-order valence-corrected chi connectivity index (χ3v) is 7.09. The summed E-state index contributed by atoms with van der Waals surface area (Å²) in [6, 6.07) is 0. The van der Waals surface area contributed by atoms with E-state index in [2.05, 4.69) is 10.6 Å². The molecule has 0 aliphatic carbocycles. The van der Waals surface area contributed by atoms with Crippen molar-refractivity contribution >= 4 is 41.2 Å². The number of ketones is 1. The van der Waals surface area contributed by atoms with E-state index in [0.717, 1.165) is 32.1 Å². The fourth-order valence-corrected chi connectivity index (χ4v) is 4.48. The van der Waals surface area contributed by atoms with E-state index in [1.165, 1.54) is 16.7 Å². The molecule has 2 saturated heterocycles. The number of Topliss-reactive ketones (excluding diaryl/α,β-unsaturated/α-hetero) is 1. The Kier molecular flexibility index (Phi) is 15.9. The standard InChI is InChI=1S/C18H31N3O4.C10H15NO3/c1-3-14-13-17(24)21(18(14)25)12-10-16(23)20-11-8-6-4-5-7-9-15(22)19-2;1-3-8-6-9(13)11(10(8)14)5-4-7(2)12/h14H,3-13H2,1-2H3,(H,19,22)(H,20,23);8H,3-6H2,1-2H3. The lowest BCUT2D eigenvalue weighted by molar-refractivity contribution is -0.141. The average Bonchev–Trinajstić information content (AvgIpc) is 3.35. The lowest BCUT2D eigenvalue weighted by Crippen LogP contribution is -2.35. The molecular formula is C28H46N4O7. The first-order chi connectivity index (χ1) is 18.5. The van der Waals surface area contributed by atoms with Crippen LogP contribution in [0.1, 0.15) is 97.8 Å². The van der Waals surface area contributed by atoms with E-state index in [9.17, 15) is 33.6 Å². The van der Waals surface area contributed by atoms with Crippen molar-refractivity contribution in [3.8, 4) is 0 Å². The van der Waals surface area contributed by atoms with Gasteiger partial charge in [-0.05, 0) is 32.6 Å². The van der Waals surface area contributed by atoms with Crippen molar-refractivity contribution < 1.29 is 33.6 Å². The second-order valence-corrected chi connectivity index (χ2v) is 10.1. The highest BCUT2D eigenvalue weighted by atomic mass is 16.2. The molecule has 2 aliphatic rings. The fourth-order valence-electron chi connectivity index (χ4n) is 4.48. The molecule has 0 aromatic rings. The average molecular weight is 551 g/mol. The molecule has 2 N–H and O–H groups in total. The van der Waals surface area contributed by atoms with Crippen LogP contribution in [-0.4, -0.2) is 77.7 Å². The number of carbonyl (C=O) groups is 7. The first-order valence-corrected chi connectivity index (χ1v) is 14.2. The smallest absolute Gasteiger partial charge is 0.232 e. The minimum Gasteiger partial charge on any atom is -0.359 e. The van der Waals surface area contributed by atoms with Crippen LogP contribution < -0.4 is 10.6 Å². The molecule has 0 bridgehead atoms. The number of nitrogens with zero attached hydrogens (tertiary/aromatic N) is 2. The van der Waals surface area contributed by atoms with Crippen molar-refractivity contribution in [2.75, 3.05) is 26.7 Å². The van der Waals surface area contributed by atoms with Crippen LogP contribution >= 0.6 is 0 Å². The Hall–Kier alpha value is -3.11. The van der Waals surface area contributed by atoms with E-state index in [1.54, 1.807) is 7.05 Å². The van der Waals surface area contributed by atoms with Crippen LogP contribution in [0, 0.1) is 11.8 Å². The number of amides is 6. The van der Waals surface area contributed by atoms with Gasteiger partial charge in [-0.3, -0.25) is 43.4 Å². The molecule has 2 heterocycles. The molecule has 0 saturated carbocycles. The summed E-state index contributed by atoms with van der Waals surface area (Å²) in [6.07, 6.45) is 7.81.